The molecule has 0 atom stereocenters. The average Bonchev–Trinajstić information content (AvgIpc) is 2.31. The summed E-state index contributed by atoms with van der Waals surface area (Å²) in [7, 11) is 4.16. The Bertz CT molecular complexity index is 282. The summed E-state index contributed by atoms with van der Waals surface area (Å²) < 4.78 is 5.13. The first-order valence-electron chi connectivity index (χ1n) is 7.45. The molecule has 0 aliphatic carbocycles. The monoisotopic (exact) mass is 270 g/mol. The van der Waals surface area contributed by atoms with Crippen LogP contribution in [0.2, 0.25) is 0 Å². The van der Waals surface area contributed by atoms with Crippen molar-refractivity contribution in [2.45, 2.75) is 45.6 Å². The number of carbonyl (C=O) groups excluding carboxylic acids is 1. The molecule has 0 radical (unpaired) electrons. The Hall–Kier alpha value is -0.610. The second kappa shape index (κ2) is 7.25. The van der Waals surface area contributed by atoms with Crippen molar-refractivity contribution < 1.29 is 9.53 Å². The highest BCUT2D eigenvalue weighted by Gasteiger charge is 2.38. The second-order valence-electron chi connectivity index (χ2n) is 6.30. The Morgan fingerprint density at radius 3 is 2.32 bits per heavy atom. The Morgan fingerprint density at radius 1 is 1.32 bits per heavy atom. The molecule has 0 bridgehead atoms. The molecule has 1 heterocycles. The maximum absolute atomic E-state index is 11.8. The van der Waals surface area contributed by atoms with E-state index >= 15 is 0 Å². The molecule has 1 aliphatic rings. The maximum atomic E-state index is 11.8. The van der Waals surface area contributed by atoms with Gasteiger partial charge in [0.25, 0.3) is 0 Å². The fourth-order valence-electron chi connectivity index (χ4n) is 2.93. The van der Waals surface area contributed by atoms with Crippen molar-refractivity contribution in [1.29, 1.82) is 0 Å². The topological polar surface area (TPSA) is 32.8 Å². The predicted molar refractivity (Wildman–Crippen MR) is 78.2 cm³/mol. The number of hydrogen-bond donors (Lipinski definition) is 0. The van der Waals surface area contributed by atoms with E-state index in [1.54, 1.807) is 0 Å². The van der Waals surface area contributed by atoms with Crippen molar-refractivity contribution in [3.63, 3.8) is 0 Å². The number of ether oxygens (including phenoxy) is 1. The molecular formula is C15H30N2O2. The maximum Gasteiger partial charge on any atom is 0.307 e. The van der Waals surface area contributed by atoms with Gasteiger partial charge in [0.05, 0.1) is 13.0 Å². The Balaban J connectivity index is 2.58. The minimum absolute atomic E-state index is 0.0142. The van der Waals surface area contributed by atoms with Crippen LogP contribution in [0.25, 0.3) is 0 Å². The first-order valence-corrected chi connectivity index (χ1v) is 7.45. The minimum Gasteiger partial charge on any atom is -0.466 e. The summed E-state index contributed by atoms with van der Waals surface area (Å²) in [6.45, 7) is 10.2. The summed E-state index contributed by atoms with van der Waals surface area (Å²) >= 11 is 0. The molecule has 4 nitrogen and oxygen atoms in total. The summed E-state index contributed by atoms with van der Waals surface area (Å²) in [5.41, 5.74) is -0.0142. The standard InChI is InChI=1S/C15H30N2O2/c1-6-19-14(18)11-15(16(4)5)7-9-17(10-8-15)12-13(2)3/h13H,6-12H2,1-5H3. The number of piperidine rings is 1. The quantitative estimate of drug-likeness (QED) is 0.691. The van der Waals surface area contributed by atoms with Crippen molar-refractivity contribution in [3.8, 4) is 0 Å². The molecule has 0 spiro atoms. The number of hydrogen-bond acceptors (Lipinski definition) is 4. The lowest BCUT2D eigenvalue weighted by molar-refractivity contribution is -0.147. The lowest BCUT2D eigenvalue weighted by atomic mass is 9.83. The van der Waals surface area contributed by atoms with Crippen LogP contribution in [-0.2, 0) is 9.53 Å². The third kappa shape index (κ3) is 4.77. The number of rotatable bonds is 6. The molecule has 19 heavy (non-hydrogen) atoms. The molecule has 0 N–H and O–H groups in total. The van der Waals surface area contributed by atoms with Crippen molar-refractivity contribution in [2.75, 3.05) is 40.3 Å². The highest BCUT2D eigenvalue weighted by Crippen LogP contribution is 2.31. The SMILES string of the molecule is CCOC(=O)CC1(N(C)C)CCN(CC(C)C)CC1. The highest BCUT2D eigenvalue weighted by molar-refractivity contribution is 5.71. The summed E-state index contributed by atoms with van der Waals surface area (Å²) in [5.74, 6) is 0.644. The van der Waals surface area contributed by atoms with Crippen molar-refractivity contribution in [3.05, 3.63) is 0 Å². The van der Waals surface area contributed by atoms with Gasteiger partial charge in [-0.2, -0.15) is 0 Å². The third-order valence-corrected chi connectivity index (χ3v) is 4.14. The summed E-state index contributed by atoms with van der Waals surface area (Å²) in [6, 6.07) is 0. The van der Waals surface area contributed by atoms with Gasteiger partial charge in [0.2, 0.25) is 0 Å². The van der Waals surface area contributed by atoms with Gasteiger partial charge in [-0.05, 0) is 52.9 Å². The summed E-state index contributed by atoms with van der Waals surface area (Å²) in [5, 5.41) is 0. The van der Waals surface area contributed by atoms with Crippen LogP contribution >= 0.6 is 0 Å². The van der Waals surface area contributed by atoms with Crippen LogP contribution in [0.15, 0.2) is 0 Å². The minimum atomic E-state index is -0.0616. The number of carbonyl (C=O) groups is 1. The Morgan fingerprint density at radius 2 is 1.89 bits per heavy atom. The van der Waals surface area contributed by atoms with E-state index < -0.39 is 0 Å². The molecule has 1 rings (SSSR count). The molecule has 0 aromatic rings. The van der Waals surface area contributed by atoms with Gasteiger partial charge in [-0.3, -0.25) is 4.79 Å². The largest absolute Gasteiger partial charge is 0.466 e. The number of nitrogens with zero attached hydrogens (tertiary/aromatic N) is 2. The lowest BCUT2D eigenvalue weighted by Gasteiger charge is -2.46. The predicted octanol–water partition coefficient (Wildman–Crippen LogP) is 1.99. The fraction of sp³-hybridized carbons (Fsp3) is 0.933. The molecule has 0 saturated carbocycles. The smallest absolute Gasteiger partial charge is 0.307 e. The zero-order valence-corrected chi connectivity index (χ0v) is 13.2. The first-order chi connectivity index (χ1) is 8.89. The third-order valence-electron chi connectivity index (χ3n) is 4.14. The van der Waals surface area contributed by atoms with Crippen LogP contribution in [0.1, 0.15) is 40.0 Å². The van der Waals surface area contributed by atoms with E-state index in [4.69, 9.17) is 4.74 Å². The molecule has 0 aromatic heterocycles. The van der Waals surface area contributed by atoms with Gasteiger partial charge in [0.15, 0.2) is 0 Å². The van der Waals surface area contributed by atoms with Gasteiger partial charge in [0.1, 0.15) is 0 Å². The fourth-order valence-corrected chi connectivity index (χ4v) is 2.93. The Labute approximate surface area is 118 Å². The molecule has 1 saturated heterocycles. The zero-order chi connectivity index (χ0) is 14.5. The molecule has 0 amide bonds. The number of esters is 1. The van der Waals surface area contributed by atoms with Crippen molar-refractivity contribution in [1.82, 2.24) is 9.80 Å². The van der Waals surface area contributed by atoms with Crippen LogP contribution in [0.3, 0.4) is 0 Å². The van der Waals surface area contributed by atoms with E-state index in [0.717, 1.165) is 32.5 Å². The molecule has 1 fully saturated rings. The van der Waals surface area contributed by atoms with Gasteiger partial charge in [0, 0.05) is 12.1 Å². The molecular weight excluding hydrogens is 240 g/mol. The molecule has 4 heteroatoms. The van der Waals surface area contributed by atoms with Gasteiger partial charge < -0.3 is 14.5 Å². The number of likely N-dealkylation sites (tertiary alicyclic amines) is 1. The van der Waals surface area contributed by atoms with Crippen LogP contribution in [-0.4, -0.2) is 61.6 Å². The Kier molecular flexibility index (Phi) is 6.27. The van der Waals surface area contributed by atoms with Gasteiger partial charge >= 0.3 is 5.97 Å². The molecule has 0 aromatic carbocycles. The van der Waals surface area contributed by atoms with E-state index in [1.165, 1.54) is 0 Å². The molecule has 112 valence electrons. The lowest BCUT2D eigenvalue weighted by Crippen LogP contribution is -2.54. The molecule has 1 aliphatic heterocycles. The van der Waals surface area contributed by atoms with Gasteiger partial charge in [-0.1, -0.05) is 13.8 Å². The van der Waals surface area contributed by atoms with E-state index in [9.17, 15) is 4.79 Å². The normalized spacial score (nSPS) is 19.9. The second-order valence-corrected chi connectivity index (χ2v) is 6.30. The molecule has 0 unspecified atom stereocenters. The summed E-state index contributed by atoms with van der Waals surface area (Å²) in [6.07, 6.45) is 2.61. The van der Waals surface area contributed by atoms with E-state index in [2.05, 4.69) is 37.7 Å². The van der Waals surface area contributed by atoms with E-state index in [1.807, 2.05) is 6.92 Å². The average molecular weight is 270 g/mol. The van der Waals surface area contributed by atoms with E-state index in [-0.39, 0.29) is 11.5 Å². The van der Waals surface area contributed by atoms with Crippen LogP contribution in [0.5, 0.6) is 0 Å². The van der Waals surface area contributed by atoms with E-state index in [0.29, 0.717) is 18.9 Å². The van der Waals surface area contributed by atoms with Crippen LogP contribution in [0, 0.1) is 5.92 Å². The van der Waals surface area contributed by atoms with Crippen molar-refractivity contribution in [2.24, 2.45) is 5.92 Å². The van der Waals surface area contributed by atoms with Crippen LogP contribution in [0.4, 0.5) is 0 Å². The highest BCUT2D eigenvalue weighted by atomic mass is 16.5. The van der Waals surface area contributed by atoms with Crippen molar-refractivity contribution >= 4 is 5.97 Å². The van der Waals surface area contributed by atoms with Gasteiger partial charge in [-0.15, -0.1) is 0 Å². The zero-order valence-electron chi connectivity index (χ0n) is 13.2. The van der Waals surface area contributed by atoms with Gasteiger partial charge in [-0.25, -0.2) is 0 Å². The first kappa shape index (κ1) is 16.4. The van der Waals surface area contributed by atoms with Crippen LogP contribution < -0.4 is 0 Å². The summed E-state index contributed by atoms with van der Waals surface area (Å²) in [4.78, 5) is 16.5.